The Morgan fingerprint density at radius 1 is 0.886 bits per heavy atom. The van der Waals surface area contributed by atoms with Crippen molar-refractivity contribution in [2.45, 2.75) is 47.2 Å². The molecule has 1 aromatic heterocycles. The molecule has 1 saturated heterocycles. The van der Waals surface area contributed by atoms with E-state index in [0.29, 0.717) is 13.1 Å². The minimum Gasteiger partial charge on any atom is -0.328 e. The van der Waals surface area contributed by atoms with Gasteiger partial charge in [-0.05, 0) is 43.0 Å². The summed E-state index contributed by atoms with van der Waals surface area (Å²) in [6.07, 6.45) is 2.16. The summed E-state index contributed by atoms with van der Waals surface area (Å²) in [5.74, 6) is 1.13. The Morgan fingerprint density at radius 2 is 1.50 bits per heavy atom. The minimum absolute atomic E-state index is 0.0608. The number of aryl methyl sites for hydroxylation is 1. The first-order valence-electron chi connectivity index (χ1n) is 16.0. The molecule has 0 N–H and O–H groups in total. The van der Waals surface area contributed by atoms with Crippen LogP contribution < -0.4 is 0 Å². The molecule has 232 valence electrons. The molecule has 0 saturated carbocycles. The average molecular weight is 592 g/mol. The van der Waals surface area contributed by atoms with Crippen LogP contribution in [0.2, 0.25) is 0 Å². The maximum Gasteiger partial charge on any atom is 0.254 e. The van der Waals surface area contributed by atoms with Crippen LogP contribution in [0.25, 0.3) is 11.3 Å². The van der Waals surface area contributed by atoms with Crippen LogP contribution >= 0.6 is 0 Å². The second-order valence-electron chi connectivity index (χ2n) is 13.7. The number of nitrogens with zero attached hydrogens (tertiary/aromatic N) is 5. The maximum absolute atomic E-state index is 14.6. The highest BCUT2D eigenvalue weighted by Gasteiger charge is 2.37. The number of aromatic nitrogens is 2. The zero-order valence-corrected chi connectivity index (χ0v) is 27.4. The summed E-state index contributed by atoms with van der Waals surface area (Å²) in [7, 11) is 2.19. The van der Waals surface area contributed by atoms with E-state index >= 15 is 0 Å². The van der Waals surface area contributed by atoms with Crippen LogP contribution in [0.15, 0.2) is 91.1 Å². The lowest BCUT2D eigenvalue weighted by molar-refractivity contribution is 0.0386. The smallest absolute Gasteiger partial charge is 0.254 e. The molecule has 1 unspecified atom stereocenters. The summed E-state index contributed by atoms with van der Waals surface area (Å²) in [4.78, 5) is 27.0. The minimum atomic E-state index is -0.211. The lowest BCUT2D eigenvalue weighted by Gasteiger charge is -2.43. The van der Waals surface area contributed by atoms with Crippen LogP contribution in [0, 0.1) is 18.3 Å². The lowest BCUT2D eigenvalue weighted by atomic mass is 9.89. The second-order valence-corrected chi connectivity index (χ2v) is 13.7. The topological polar surface area (TPSA) is 44.6 Å². The van der Waals surface area contributed by atoms with Crippen LogP contribution in [-0.2, 0) is 6.54 Å². The number of benzene rings is 3. The monoisotopic (exact) mass is 591 g/mol. The van der Waals surface area contributed by atoms with Crippen molar-refractivity contribution in [3.05, 3.63) is 114 Å². The van der Waals surface area contributed by atoms with Crippen molar-refractivity contribution in [1.29, 1.82) is 0 Å². The third kappa shape index (κ3) is 7.85. The van der Waals surface area contributed by atoms with Crippen LogP contribution in [0.1, 0.15) is 61.0 Å². The SMILES string of the molecule is Cc1ccc(C(=O)N(CC(C)(C)CN2CCN(C)CC2)C(c2nc(-c3ccccc3)cn2Cc2ccccc2)C(C)C)cc1. The molecular weight excluding hydrogens is 542 g/mol. The van der Waals surface area contributed by atoms with Crippen molar-refractivity contribution in [3.8, 4) is 11.3 Å². The number of carbonyl (C=O) groups excluding carboxylic acids is 1. The van der Waals surface area contributed by atoms with Crippen molar-refractivity contribution in [3.63, 3.8) is 0 Å². The maximum atomic E-state index is 14.6. The standard InChI is InChI=1S/C38H49N5O/c1-29(2)35(36-39-34(32-15-11-8-12-16-32)26-42(36)25-31-13-9-7-10-14-31)43(37(44)33-19-17-30(3)18-20-33)28-38(4,5)27-41-23-21-40(6)22-24-41/h7-20,26,29,35H,21-25,27-28H2,1-6H3. The predicted molar refractivity (Wildman–Crippen MR) is 181 cm³/mol. The number of carbonyl (C=O) groups is 1. The number of piperazine rings is 1. The van der Waals surface area contributed by atoms with Crippen molar-refractivity contribution < 1.29 is 4.79 Å². The van der Waals surface area contributed by atoms with E-state index in [-0.39, 0.29) is 23.3 Å². The molecule has 0 aliphatic carbocycles. The van der Waals surface area contributed by atoms with Gasteiger partial charge in [0.1, 0.15) is 5.82 Å². The van der Waals surface area contributed by atoms with E-state index < -0.39 is 0 Å². The predicted octanol–water partition coefficient (Wildman–Crippen LogP) is 7.02. The molecule has 5 rings (SSSR count). The molecule has 3 aromatic carbocycles. The first-order valence-corrected chi connectivity index (χ1v) is 16.0. The Balaban J connectivity index is 1.57. The number of rotatable bonds is 11. The summed E-state index contributed by atoms with van der Waals surface area (Å²) in [5.41, 5.74) is 4.97. The number of hydrogen-bond acceptors (Lipinski definition) is 4. The summed E-state index contributed by atoms with van der Waals surface area (Å²) in [6.45, 7) is 17.7. The van der Waals surface area contributed by atoms with Crippen LogP contribution in [-0.4, -0.2) is 76.5 Å². The van der Waals surface area contributed by atoms with E-state index in [1.807, 2.05) is 30.3 Å². The molecule has 6 nitrogen and oxygen atoms in total. The molecule has 0 bridgehead atoms. The number of hydrogen-bond donors (Lipinski definition) is 0. The zero-order valence-electron chi connectivity index (χ0n) is 27.4. The van der Waals surface area contributed by atoms with Gasteiger partial charge in [0, 0.05) is 63.1 Å². The van der Waals surface area contributed by atoms with Gasteiger partial charge in [0.2, 0.25) is 0 Å². The fraction of sp³-hybridized carbons (Fsp3) is 0.421. The van der Waals surface area contributed by atoms with Gasteiger partial charge in [-0.3, -0.25) is 4.79 Å². The zero-order chi connectivity index (χ0) is 31.3. The van der Waals surface area contributed by atoms with Gasteiger partial charge in [-0.25, -0.2) is 4.98 Å². The van der Waals surface area contributed by atoms with Gasteiger partial charge in [0.05, 0.1) is 11.7 Å². The van der Waals surface area contributed by atoms with E-state index in [2.05, 4.69) is 122 Å². The number of imidazole rings is 1. The van der Waals surface area contributed by atoms with Crippen molar-refractivity contribution in [1.82, 2.24) is 24.3 Å². The molecule has 6 heteroatoms. The third-order valence-corrected chi connectivity index (χ3v) is 8.71. The second kappa shape index (κ2) is 13.9. The van der Waals surface area contributed by atoms with E-state index in [1.165, 1.54) is 5.56 Å². The molecule has 44 heavy (non-hydrogen) atoms. The van der Waals surface area contributed by atoms with Gasteiger partial charge in [0.25, 0.3) is 5.91 Å². The summed E-state index contributed by atoms with van der Waals surface area (Å²) in [5, 5.41) is 0. The Kier molecular flexibility index (Phi) is 10.0. The van der Waals surface area contributed by atoms with Crippen LogP contribution in [0.5, 0.6) is 0 Å². The molecule has 4 aromatic rings. The first kappa shape index (κ1) is 31.7. The lowest BCUT2D eigenvalue weighted by Crippen LogP contribution is -2.51. The molecule has 1 aliphatic rings. The molecule has 0 spiro atoms. The van der Waals surface area contributed by atoms with E-state index in [4.69, 9.17) is 4.98 Å². The summed E-state index contributed by atoms with van der Waals surface area (Å²) in [6, 6.07) is 28.7. The van der Waals surface area contributed by atoms with Crippen LogP contribution in [0.4, 0.5) is 0 Å². The number of amides is 1. The highest BCUT2D eigenvalue weighted by Crippen LogP contribution is 2.35. The Bertz CT molecular complexity index is 1490. The number of likely N-dealkylation sites (N-methyl/N-ethyl adjacent to an activating group) is 1. The van der Waals surface area contributed by atoms with Gasteiger partial charge < -0.3 is 19.3 Å². The van der Waals surface area contributed by atoms with Gasteiger partial charge >= 0.3 is 0 Å². The quantitative estimate of drug-likeness (QED) is 0.188. The van der Waals surface area contributed by atoms with Crippen molar-refractivity contribution in [2.75, 3.05) is 46.3 Å². The molecule has 1 fully saturated rings. The summed E-state index contributed by atoms with van der Waals surface area (Å²) >= 11 is 0. The molecule has 1 amide bonds. The molecule has 1 atom stereocenters. The highest BCUT2D eigenvalue weighted by atomic mass is 16.2. The molecular formula is C38H49N5O. The fourth-order valence-electron chi connectivity index (χ4n) is 6.40. The highest BCUT2D eigenvalue weighted by molar-refractivity contribution is 5.94. The normalized spacial score (nSPS) is 15.4. The van der Waals surface area contributed by atoms with E-state index in [9.17, 15) is 4.79 Å². The molecule has 1 aliphatic heterocycles. The largest absolute Gasteiger partial charge is 0.328 e. The van der Waals surface area contributed by atoms with Gasteiger partial charge in [-0.15, -0.1) is 0 Å². The van der Waals surface area contributed by atoms with E-state index in [0.717, 1.165) is 60.9 Å². The Morgan fingerprint density at radius 3 is 2.11 bits per heavy atom. The van der Waals surface area contributed by atoms with Gasteiger partial charge in [0.15, 0.2) is 0 Å². The van der Waals surface area contributed by atoms with Crippen molar-refractivity contribution in [2.24, 2.45) is 11.3 Å². The Hall–Kier alpha value is -3.74. The van der Waals surface area contributed by atoms with Crippen LogP contribution in [0.3, 0.4) is 0 Å². The fourth-order valence-corrected chi connectivity index (χ4v) is 6.40. The van der Waals surface area contributed by atoms with Gasteiger partial charge in [-0.1, -0.05) is 106 Å². The van der Waals surface area contributed by atoms with Gasteiger partial charge in [-0.2, -0.15) is 0 Å². The molecule has 2 heterocycles. The first-order chi connectivity index (χ1) is 21.1. The van der Waals surface area contributed by atoms with Crippen molar-refractivity contribution >= 4 is 5.91 Å². The van der Waals surface area contributed by atoms with E-state index in [1.54, 1.807) is 0 Å². The Labute approximate surface area is 264 Å². The summed E-state index contributed by atoms with van der Waals surface area (Å²) < 4.78 is 2.27. The third-order valence-electron chi connectivity index (χ3n) is 8.71. The molecule has 0 radical (unpaired) electrons. The average Bonchev–Trinajstić information content (AvgIpc) is 3.41.